The van der Waals surface area contributed by atoms with Crippen molar-refractivity contribution in [2.75, 3.05) is 5.32 Å². The summed E-state index contributed by atoms with van der Waals surface area (Å²) in [5.74, 6) is 0. The van der Waals surface area contributed by atoms with E-state index in [9.17, 15) is 4.79 Å². The first-order chi connectivity index (χ1) is 10.1. The predicted molar refractivity (Wildman–Crippen MR) is 88.7 cm³/mol. The number of nitrogens with one attached hydrogen (secondary N) is 1. The van der Waals surface area contributed by atoms with Crippen LogP contribution in [0.1, 0.15) is 58.4 Å². The van der Waals surface area contributed by atoms with Crippen LogP contribution < -0.4 is 5.32 Å². The molecule has 1 fully saturated rings. The molecule has 1 aromatic rings. The quantitative estimate of drug-likeness (QED) is 0.846. The van der Waals surface area contributed by atoms with Crippen LogP contribution in [0.5, 0.6) is 0 Å². The van der Waals surface area contributed by atoms with E-state index in [-0.39, 0.29) is 6.03 Å². The Labute approximate surface area is 128 Å². The van der Waals surface area contributed by atoms with Crippen LogP contribution in [0, 0.1) is 0 Å². The third-order valence-corrected chi connectivity index (χ3v) is 4.45. The van der Waals surface area contributed by atoms with E-state index in [4.69, 9.17) is 0 Å². The molecule has 1 N–H and O–H groups in total. The molecule has 1 aliphatic rings. The molecule has 0 spiro atoms. The van der Waals surface area contributed by atoms with E-state index >= 15 is 0 Å². The molecular weight excluding hydrogens is 260 g/mol. The number of anilines is 1. The summed E-state index contributed by atoms with van der Waals surface area (Å²) < 4.78 is 0. The number of benzene rings is 1. The number of nitrogens with zero attached hydrogens (tertiary/aromatic N) is 1. The van der Waals surface area contributed by atoms with Crippen molar-refractivity contribution in [1.29, 1.82) is 0 Å². The van der Waals surface area contributed by atoms with Crippen LogP contribution in [-0.2, 0) is 6.42 Å². The standard InChI is InChI=1S/C18H28N2O/c1-4-5-9-16-10-12-17(13-11-16)19-18(21)20-14(2)7-6-8-15(20)3/h10-15H,4-9H2,1-3H3,(H,19,21). The summed E-state index contributed by atoms with van der Waals surface area (Å²) in [4.78, 5) is 14.5. The highest BCUT2D eigenvalue weighted by Crippen LogP contribution is 2.23. The van der Waals surface area contributed by atoms with Crippen LogP contribution in [0.3, 0.4) is 0 Å². The zero-order chi connectivity index (χ0) is 15.2. The summed E-state index contributed by atoms with van der Waals surface area (Å²) in [6, 6.07) is 8.97. The summed E-state index contributed by atoms with van der Waals surface area (Å²) in [5.41, 5.74) is 2.24. The van der Waals surface area contributed by atoms with Crippen molar-refractivity contribution in [1.82, 2.24) is 4.90 Å². The number of rotatable bonds is 4. The lowest BCUT2D eigenvalue weighted by molar-refractivity contribution is 0.133. The molecule has 3 nitrogen and oxygen atoms in total. The molecule has 116 valence electrons. The van der Waals surface area contributed by atoms with E-state index < -0.39 is 0 Å². The van der Waals surface area contributed by atoms with Crippen LogP contribution in [0.25, 0.3) is 0 Å². The molecule has 0 aliphatic carbocycles. The number of carbonyl (C=O) groups is 1. The number of piperidine rings is 1. The number of aryl methyl sites for hydroxylation is 1. The van der Waals surface area contributed by atoms with E-state index in [2.05, 4.69) is 38.2 Å². The van der Waals surface area contributed by atoms with Gasteiger partial charge in [-0.05, 0) is 63.6 Å². The minimum Gasteiger partial charge on any atom is -0.319 e. The summed E-state index contributed by atoms with van der Waals surface area (Å²) >= 11 is 0. The van der Waals surface area contributed by atoms with Gasteiger partial charge in [-0.3, -0.25) is 0 Å². The maximum absolute atomic E-state index is 12.5. The number of amides is 2. The molecule has 1 aliphatic heterocycles. The van der Waals surface area contributed by atoms with E-state index in [1.165, 1.54) is 24.8 Å². The molecule has 1 aromatic carbocycles. The number of likely N-dealkylation sites (tertiary alicyclic amines) is 1. The van der Waals surface area contributed by atoms with Crippen molar-refractivity contribution >= 4 is 11.7 Å². The molecule has 0 bridgehead atoms. The fourth-order valence-corrected chi connectivity index (χ4v) is 3.15. The van der Waals surface area contributed by atoms with Crippen LogP contribution in [0.15, 0.2) is 24.3 Å². The maximum Gasteiger partial charge on any atom is 0.322 e. The highest BCUT2D eigenvalue weighted by atomic mass is 16.2. The molecule has 0 radical (unpaired) electrons. The maximum atomic E-state index is 12.5. The van der Waals surface area contributed by atoms with Gasteiger partial charge in [-0.1, -0.05) is 25.5 Å². The van der Waals surface area contributed by atoms with Gasteiger partial charge in [0.15, 0.2) is 0 Å². The molecule has 21 heavy (non-hydrogen) atoms. The van der Waals surface area contributed by atoms with Crippen molar-refractivity contribution in [3.8, 4) is 0 Å². The molecular formula is C18H28N2O. The Morgan fingerprint density at radius 1 is 1.19 bits per heavy atom. The number of hydrogen-bond donors (Lipinski definition) is 1. The highest BCUT2D eigenvalue weighted by Gasteiger charge is 2.28. The molecule has 3 heteroatoms. The second-order valence-electron chi connectivity index (χ2n) is 6.27. The topological polar surface area (TPSA) is 32.3 Å². The van der Waals surface area contributed by atoms with Gasteiger partial charge < -0.3 is 10.2 Å². The average molecular weight is 288 g/mol. The normalized spacial score (nSPS) is 22.1. The summed E-state index contributed by atoms with van der Waals surface area (Å²) in [5, 5.41) is 3.04. The fourth-order valence-electron chi connectivity index (χ4n) is 3.15. The molecule has 2 rings (SSSR count). The van der Waals surface area contributed by atoms with E-state index in [1.54, 1.807) is 0 Å². The van der Waals surface area contributed by atoms with Gasteiger partial charge in [0, 0.05) is 17.8 Å². The first-order valence-electron chi connectivity index (χ1n) is 8.30. The van der Waals surface area contributed by atoms with Crippen molar-refractivity contribution in [2.24, 2.45) is 0 Å². The number of hydrogen-bond acceptors (Lipinski definition) is 1. The number of unbranched alkanes of at least 4 members (excludes halogenated alkanes) is 1. The Morgan fingerprint density at radius 2 is 1.81 bits per heavy atom. The van der Waals surface area contributed by atoms with Crippen molar-refractivity contribution < 1.29 is 4.79 Å². The fraction of sp³-hybridized carbons (Fsp3) is 0.611. The second-order valence-corrected chi connectivity index (χ2v) is 6.27. The van der Waals surface area contributed by atoms with Gasteiger partial charge in [0.1, 0.15) is 0 Å². The summed E-state index contributed by atoms with van der Waals surface area (Å²) in [6.45, 7) is 6.49. The zero-order valence-corrected chi connectivity index (χ0v) is 13.6. The minimum absolute atomic E-state index is 0.0380. The number of carbonyl (C=O) groups excluding carboxylic acids is 1. The smallest absolute Gasteiger partial charge is 0.319 e. The first kappa shape index (κ1) is 15.9. The Bertz CT molecular complexity index is 445. The van der Waals surface area contributed by atoms with Crippen LogP contribution in [0.4, 0.5) is 10.5 Å². The number of urea groups is 1. The van der Waals surface area contributed by atoms with Gasteiger partial charge in [0.2, 0.25) is 0 Å². The molecule has 1 heterocycles. The van der Waals surface area contributed by atoms with Gasteiger partial charge in [-0.25, -0.2) is 4.79 Å². The minimum atomic E-state index is 0.0380. The van der Waals surface area contributed by atoms with Crippen molar-refractivity contribution in [3.05, 3.63) is 29.8 Å². The zero-order valence-electron chi connectivity index (χ0n) is 13.6. The predicted octanol–water partition coefficient (Wildman–Crippen LogP) is 4.82. The molecule has 1 saturated heterocycles. The second kappa shape index (κ2) is 7.48. The van der Waals surface area contributed by atoms with E-state index in [0.29, 0.717) is 12.1 Å². The monoisotopic (exact) mass is 288 g/mol. The Kier molecular flexibility index (Phi) is 5.66. The first-order valence-corrected chi connectivity index (χ1v) is 8.30. The Morgan fingerprint density at radius 3 is 2.38 bits per heavy atom. The van der Waals surface area contributed by atoms with Gasteiger partial charge in [-0.15, -0.1) is 0 Å². The lowest BCUT2D eigenvalue weighted by atomic mass is 9.98. The Hall–Kier alpha value is -1.51. The van der Waals surface area contributed by atoms with E-state index in [0.717, 1.165) is 24.9 Å². The molecule has 2 amide bonds. The lowest BCUT2D eigenvalue weighted by Crippen LogP contribution is -2.49. The Balaban J connectivity index is 1.95. The van der Waals surface area contributed by atoms with Crippen LogP contribution in [-0.4, -0.2) is 23.0 Å². The van der Waals surface area contributed by atoms with Crippen LogP contribution in [0.2, 0.25) is 0 Å². The SMILES string of the molecule is CCCCc1ccc(NC(=O)N2C(C)CCCC2C)cc1. The lowest BCUT2D eigenvalue weighted by Gasteiger charge is -2.38. The third-order valence-electron chi connectivity index (χ3n) is 4.45. The highest BCUT2D eigenvalue weighted by molar-refractivity contribution is 5.89. The van der Waals surface area contributed by atoms with Gasteiger partial charge in [0.25, 0.3) is 0 Å². The largest absolute Gasteiger partial charge is 0.322 e. The van der Waals surface area contributed by atoms with Gasteiger partial charge >= 0.3 is 6.03 Å². The summed E-state index contributed by atoms with van der Waals surface area (Å²) in [6.07, 6.45) is 6.97. The van der Waals surface area contributed by atoms with E-state index in [1.807, 2.05) is 17.0 Å². The summed E-state index contributed by atoms with van der Waals surface area (Å²) in [7, 11) is 0. The molecule has 2 atom stereocenters. The molecule has 0 saturated carbocycles. The van der Waals surface area contributed by atoms with Crippen molar-refractivity contribution in [3.63, 3.8) is 0 Å². The van der Waals surface area contributed by atoms with Gasteiger partial charge in [-0.2, -0.15) is 0 Å². The van der Waals surface area contributed by atoms with Gasteiger partial charge in [0.05, 0.1) is 0 Å². The third kappa shape index (κ3) is 4.23. The average Bonchev–Trinajstić information content (AvgIpc) is 2.46. The molecule has 0 aromatic heterocycles. The van der Waals surface area contributed by atoms with Crippen molar-refractivity contribution in [2.45, 2.75) is 71.4 Å². The molecule has 2 unspecified atom stereocenters. The van der Waals surface area contributed by atoms with Crippen LogP contribution >= 0.6 is 0 Å².